The van der Waals surface area contributed by atoms with Crippen LogP contribution in [0, 0.1) is 17.4 Å². The lowest BCUT2D eigenvalue weighted by Gasteiger charge is -2.12. The summed E-state index contributed by atoms with van der Waals surface area (Å²) in [5, 5.41) is 2.14. The Bertz CT molecular complexity index is 1330. The first-order chi connectivity index (χ1) is 16.3. The van der Waals surface area contributed by atoms with Crippen LogP contribution in [0.2, 0.25) is 0 Å². The SMILES string of the molecule is Cc1c(C=O)c(/C=C2\SC(=O)N(CC(=O)Nc3ccccc3)C2=O)c(C)n1-c1ccc(I)cc1. The maximum Gasteiger partial charge on any atom is 0.294 e. The van der Waals surface area contributed by atoms with Crippen molar-refractivity contribution in [3.63, 3.8) is 0 Å². The van der Waals surface area contributed by atoms with Gasteiger partial charge in [0.15, 0.2) is 6.29 Å². The number of amides is 3. The van der Waals surface area contributed by atoms with Crippen molar-refractivity contribution in [2.24, 2.45) is 0 Å². The van der Waals surface area contributed by atoms with Gasteiger partial charge >= 0.3 is 0 Å². The predicted molar refractivity (Wildman–Crippen MR) is 141 cm³/mol. The molecule has 0 unspecified atom stereocenters. The molecule has 0 aliphatic carbocycles. The second kappa shape index (κ2) is 9.98. The van der Waals surface area contributed by atoms with Crippen molar-refractivity contribution in [3.05, 3.63) is 85.6 Å². The molecule has 172 valence electrons. The summed E-state index contributed by atoms with van der Waals surface area (Å²) in [7, 11) is 0. The van der Waals surface area contributed by atoms with Crippen LogP contribution < -0.4 is 5.32 Å². The first kappa shape index (κ1) is 24.0. The van der Waals surface area contributed by atoms with Crippen molar-refractivity contribution in [2.75, 3.05) is 11.9 Å². The fourth-order valence-electron chi connectivity index (χ4n) is 3.82. The zero-order chi connectivity index (χ0) is 24.4. The first-order valence-electron chi connectivity index (χ1n) is 10.3. The molecular formula is C25H20IN3O4S. The molecule has 0 saturated carbocycles. The van der Waals surface area contributed by atoms with Crippen molar-refractivity contribution in [2.45, 2.75) is 13.8 Å². The average molecular weight is 585 g/mol. The minimum atomic E-state index is -0.561. The van der Waals surface area contributed by atoms with Crippen LogP contribution in [-0.4, -0.2) is 39.4 Å². The lowest BCUT2D eigenvalue weighted by Crippen LogP contribution is -2.36. The van der Waals surface area contributed by atoms with Crippen LogP contribution in [0.15, 0.2) is 59.5 Å². The molecule has 1 aliphatic heterocycles. The van der Waals surface area contributed by atoms with Gasteiger partial charge in [-0.15, -0.1) is 0 Å². The van der Waals surface area contributed by atoms with E-state index < -0.39 is 17.1 Å². The number of thioether (sulfide) groups is 1. The van der Waals surface area contributed by atoms with Crippen LogP contribution in [0.3, 0.4) is 0 Å². The number of carbonyl (C=O) groups excluding carboxylic acids is 4. The summed E-state index contributed by atoms with van der Waals surface area (Å²) in [5.74, 6) is -1.03. The molecule has 1 saturated heterocycles. The molecular weight excluding hydrogens is 565 g/mol. The molecule has 0 bridgehead atoms. The molecule has 1 N–H and O–H groups in total. The number of hydrogen-bond donors (Lipinski definition) is 1. The van der Waals surface area contributed by atoms with E-state index in [0.717, 1.165) is 43.6 Å². The van der Waals surface area contributed by atoms with Crippen molar-refractivity contribution in [3.8, 4) is 5.69 Å². The van der Waals surface area contributed by atoms with Gasteiger partial charge in [0, 0.05) is 37.5 Å². The summed E-state index contributed by atoms with van der Waals surface area (Å²) in [4.78, 5) is 50.9. The van der Waals surface area contributed by atoms with E-state index in [9.17, 15) is 19.2 Å². The van der Waals surface area contributed by atoms with Gasteiger partial charge in [0.05, 0.1) is 4.91 Å². The third-order valence-electron chi connectivity index (χ3n) is 5.45. The number of anilines is 1. The van der Waals surface area contributed by atoms with E-state index in [0.29, 0.717) is 16.8 Å². The number of imide groups is 1. The van der Waals surface area contributed by atoms with E-state index in [1.165, 1.54) is 0 Å². The van der Waals surface area contributed by atoms with Crippen molar-refractivity contribution in [1.29, 1.82) is 0 Å². The highest BCUT2D eigenvalue weighted by atomic mass is 127. The largest absolute Gasteiger partial charge is 0.325 e. The highest BCUT2D eigenvalue weighted by Crippen LogP contribution is 2.35. The topological polar surface area (TPSA) is 88.5 Å². The second-order valence-electron chi connectivity index (χ2n) is 7.61. The average Bonchev–Trinajstić information content (AvgIpc) is 3.21. The molecule has 3 amide bonds. The molecule has 34 heavy (non-hydrogen) atoms. The monoisotopic (exact) mass is 585 g/mol. The maximum absolute atomic E-state index is 13.0. The number of para-hydroxylation sites is 1. The molecule has 3 aromatic rings. The smallest absolute Gasteiger partial charge is 0.294 e. The van der Waals surface area contributed by atoms with E-state index in [1.807, 2.05) is 48.7 Å². The molecule has 1 aliphatic rings. The lowest BCUT2D eigenvalue weighted by atomic mass is 10.1. The normalized spacial score (nSPS) is 14.7. The quantitative estimate of drug-likeness (QED) is 0.245. The number of carbonyl (C=O) groups is 4. The van der Waals surface area contributed by atoms with Gasteiger partial charge in [-0.05, 0) is 90.7 Å². The molecule has 0 spiro atoms. The number of halogens is 1. The number of aldehydes is 1. The molecule has 0 radical (unpaired) electrons. The van der Waals surface area contributed by atoms with E-state index in [1.54, 1.807) is 30.3 Å². The third-order valence-corrected chi connectivity index (χ3v) is 7.08. The Balaban J connectivity index is 1.62. The molecule has 0 atom stereocenters. The van der Waals surface area contributed by atoms with Gasteiger partial charge in [-0.2, -0.15) is 0 Å². The second-order valence-corrected chi connectivity index (χ2v) is 9.85. The van der Waals surface area contributed by atoms with Crippen LogP contribution in [0.25, 0.3) is 11.8 Å². The standard InChI is InChI=1S/C25H20IN3O4S/c1-15-20(21(14-30)16(2)29(15)19-10-8-17(26)9-11-19)12-22-24(32)28(25(33)34-22)13-23(31)27-18-6-4-3-5-7-18/h3-12,14H,13H2,1-2H3,(H,27,31)/b22-12-. The Hall–Kier alpha value is -3.18. The molecule has 2 aromatic carbocycles. The summed E-state index contributed by atoms with van der Waals surface area (Å²) in [5.41, 5.74) is 4.00. The van der Waals surface area contributed by atoms with E-state index >= 15 is 0 Å². The van der Waals surface area contributed by atoms with Crippen molar-refractivity contribution < 1.29 is 19.2 Å². The summed E-state index contributed by atoms with van der Waals surface area (Å²) in [6.07, 6.45) is 2.32. The van der Waals surface area contributed by atoms with Gasteiger partial charge in [-0.1, -0.05) is 18.2 Å². The summed E-state index contributed by atoms with van der Waals surface area (Å²) in [6.45, 7) is 3.31. The Morgan fingerprint density at radius 2 is 1.65 bits per heavy atom. The number of rotatable bonds is 6. The van der Waals surface area contributed by atoms with Crippen LogP contribution in [0.4, 0.5) is 10.5 Å². The van der Waals surface area contributed by atoms with E-state index in [4.69, 9.17) is 0 Å². The Kier molecular flexibility index (Phi) is 7.03. The Morgan fingerprint density at radius 3 is 2.29 bits per heavy atom. The zero-order valence-electron chi connectivity index (χ0n) is 18.4. The fraction of sp³-hybridized carbons (Fsp3) is 0.120. The van der Waals surface area contributed by atoms with Gasteiger partial charge in [-0.3, -0.25) is 24.1 Å². The molecule has 1 fully saturated rings. The number of benzene rings is 2. The summed E-state index contributed by atoms with van der Waals surface area (Å²) >= 11 is 2.98. The lowest BCUT2D eigenvalue weighted by molar-refractivity contribution is -0.127. The fourth-order valence-corrected chi connectivity index (χ4v) is 5.00. The number of aromatic nitrogens is 1. The van der Waals surface area contributed by atoms with E-state index in [-0.39, 0.29) is 11.4 Å². The van der Waals surface area contributed by atoms with Crippen molar-refractivity contribution >= 4 is 69.5 Å². The van der Waals surface area contributed by atoms with Crippen LogP contribution in [0.1, 0.15) is 27.3 Å². The van der Waals surface area contributed by atoms with Crippen LogP contribution >= 0.6 is 34.4 Å². The molecule has 7 nitrogen and oxygen atoms in total. The highest BCUT2D eigenvalue weighted by molar-refractivity contribution is 14.1. The molecule has 1 aromatic heterocycles. The van der Waals surface area contributed by atoms with Gasteiger partial charge in [0.1, 0.15) is 6.54 Å². The van der Waals surface area contributed by atoms with Crippen LogP contribution in [0.5, 0.6) is 0 Å². The summed E-state index contributed by atoms with van der Waals surface area (Å²) < 4.78 is 3.04. The first-order valence-corrected chi connectivity index (χ1v) is 12.2. The summed E-state index contributed by atoms with van der Waals surface area (Å²) in [6, 6.07) is 16.7. The van der Waals surface area contributed by atoms with Crippen molar-refractivity contribution in [1.82, 2.24) is 9.47 Å². The Morgan fingerprint density at radius 1 is 1.00 bits per heavy atom. The molecule has 2 heterocycles. The van der Waals surface area contributed by atoms with Gasteiger partial charge in [-0.25, -0.2) is 0 Å². The Labute approximate surface area is 214 Å². The highest BCUT2D eigenvalue weighted by Gasteiger charge is 2.37. The predicted octanol–water partition coefficient (Wildman–Crippen LogP) is 5.19. The van der Waals surface area contributed by atoms with Gasteiger partial charge in [0.2, 0.25) is 5.91 Å². The number of hydrogen-bond acceptors (Lipinski definition) is 5. The minimum Gasteiger partial charge on any atom is -0.325 e. The van der Waals surface area contributed by atoms with Gasteiger partial charge < -0.3 is 9.88 Å². The van der Waals surface area contributed by atoms with Crippen LogP contribution in [-0.2, 0) is 9.59 Å². The maximum atomic E-state index is 13.0. The van der Waals surface area contributed by atoms with E-state index in [2.05, 4.69) is 27.9 Å². The minimum absolute atomic E-state index is 0.170. The zero-order valence-corrected chi connectivity index (χ0v) is 21.3. The number of nitrogens with zero attached hydrogens (tertiary/aromatic N) is 2. The molecule has 4 rings (SSSR count). The number of nitrogens with one attached hydrogen (secondary N) is 1. The molecule has 9 heteroatoms. The third kappa shape index (κ3) is 4.71. The van der Waals surface area contributed by atoms with Gasteiger partial charge in [0.25, 0.3) is 11.1 Å².